The number of allylic oxidation sites excluding steroid dienone is 2. The Bertz CT molecular complexity index is 249. The van der Waals surface area contributed by atoms with Gasteiger partial charge in [0.25, 0.3) is 0 Å². The summed E-state index contributed by atoms with van der Waals surface area (Å²) in [5.74, 6) is 2.78. The fourth-order valence-corrected chi connectivity index (χ4v) is 5.10. The highest BCUT2D eigenvalue weighted by atomic mass is 28.3. The third-order valence-electron chi connectivity index (χ3n) is 4.14. The normalized spacial score (nSPS) is 30.6. The first kappa shape index (κ1) is 13.3. The first-order valence-corrected chi connectivity index (χ1v) is 9.01. The molecule has 0 N–H and O–H groups in total. The van der Waals surface area contributed by atoms with Crippen molar-refractivity contribution in [2.75, 3.05) is 13.2 Å². The molecular weight excluding hydrogens is 228 g/mol. The Labute approximate surface area is 107 Å². The van der Waals surface area contributed by atoms with Gasteiger partial charge in [-0.2, -0.15) is 0 Å². The largest absolute Gasteiger partial charge is 0.397 e. The van der Waals surface area contributed by atoms with Gasteiger partial charge < -0.3 is 8.85 Å². The van der Waals surface area contributed by atoms with Crippen LogP contribution < -0.4 is 0 Å². The molecule has 17 heavy (non-hydrogen) atoms. The summed E-state index contributed by atoms with van der Waals surface area (Å²) in [6.45, 7) is 5.76. The molecule has 3 atom stereocenters. The molecule has 3 heteroatoms. The molecule has 0 amide bonds. The lowest BCUT2D eigenvalue weighted by Gasteiger charge is -2.19. The summed E-state index contributed by atoms with van der Waals surface area (Å²) in [5.41, 5.74) is 0. The highest BCUT2D eigenvalue weighted by Gasteiger charge is 2.34. The van der Waals surface area contributed by atoms with E-state index < -0.39 is 9.28 Å². The molecule has 0 heterocycles. The smallest absolute Gasteiger partial charge is 0.321 e. The second-order valence-corrected chi connectivity index (χ2v) is 7.41. The minimum atomic E-state index is -1.33. The number of rotatable bonds is 8. The predicted molar refractivity (Wildman–Crippen MR) is 73.3 cm³/mol. The van der Waals surface area contributed by atoms with Crippen LogP contribution in [0.25, 0.3) is 0 Å². The Morgan fingerprint density at radius 2 is 1.88 bits per heavy atom. The molecule has 0 saturated heterocycles. The molecule has 98 valence electrons. The Hall–Kier alpha value is -0.123. The molecule has 1 saturated carbocycles. The summed E-state index contributed by atoms with van der Waals surface area (Å²) in [6, 6.07) is 1.19. The fraction of sp³-hybridized carbons (Fsp3) is 0.857. The maximum atomic E-state index is 5.71. The maximum absolute atomic E-state index is 5.71. The van der Waals surface area contributed by atoms with E-state index in [1.165, 1.54) is 31.7 Å². The van der Waals surface area contributed by atoms with Crippen LogP contribution in [-0.2, 0) is 8.85 Å². The van der Waals surface area contributed by atoms with Crippen LogP contribution in [0.4, 0.5) is 0 Å². The van der Waals surface area contributed by atoms with Crippen LogP contribution in [0.3, 0.4) is 0 Å². The zero-order chi connectivity index (χ0) is 12.1. The van der Waals surface area contributed by atoms with Gasteiger partial charge in [-0.1, -0.05) is 18.6 Å². The van der Waals surface area contributed by atoms with E-state index in [0.29, 0.717) is 0 Å². The average molecular weight is 254 g/mol. The molecule has 3 unspecified atom stereocenters. The Balaban J connectivity index is 1.63. The SMILES string of the molecule is CCO[SiH](CCCC1CC2C=CC1C2)OCC. The quantitative estimate of drug-likeness (QED) is 0.489. The molecule has 0 radical (unpaired) electrons. The van der Waals surface area contributed by atoms with Crippen LogP contribution >= 0.6 is 0 Å². The second-order valence-electron chi connectivity index (χ2n) is 5.31. The Kier molecular flexibility index (Phi) is 5.26. The molecule has 0 aromatic heterocycles. The summed E-state index contributed by atoms with van der Waals surface area (Å²) >= 11 is 0. The highest BCUT2D eigenvalue weighted by molar-refractivity contribution is 6.44. The second kappa shape index (κ2) is 6.71. The molecule has 2 bridgehead atoms. The lowest BCUT2D eigenvalue weighted by molar-refractivity contribution is 0.211. The van der Waals surface area contributed by atoms with Crippen molar-refractivity contribution in [1.82, 2.24) is 0 Å². The first-order valence-electron chi connectivity index (χ1n) is 7.25. The van der Waals surface area contributed by atoms with Gasteiger partial charge in [0.2, 0.25) is 0 Å². The van der Waals surface area contributed by atoms with E-state index in [-0.39, 0.29) is 0 Å². The summed E-state index contributed by atoms with van der Waals surface area (Å²) in [7, 11) is -1.33. The van der Waals surface area contributed by atoms with Gasteiger partial charge in [0.15, 0.2) is 0 Å². The van der Waals surface area contributed by atoms with E-state index in [4.69, 9.17) is 8.85 Å². The van der Waals surface area contributed by atoms with Crippen molar-refractivity contribution in [3.8, 4) is 0 Å². The molecule has 2 nitrogen and oxygen atoms in total. The summed E-state index contributed by atoms with van der Waals surface area (Å²) in [4.78, 5) is 0. The van der Waals surface area contributed by atoms with Crippen molar-refractivity contribution in [2.24, 2.45) is 17.8 Å². The van der Waals surface area contributed by atoms with Gasteiger partial charge in [-0.15, -0.1) is 0 Å². The van der Waals surface area contributed by atoms with Crippen LogP contribution in [0.2, 0.25) is 6.04 Å². The average Bonchev–Trinajstić information content (AvgIpc) is 2.91. The Morgan fingerprint density at radius 1 is 1.12 bits per heavy atom. The van der Waals surface area contributed by atoms with E-state index >= 15 is 0 Å². The third kappa shape index (κ3) is 3.67. The Morgan fingerprint density at radius 3 is 2.41 bits per heavy atom. The summed E-state index contributed by atoms with van der Waals surface area (Å²) < 4.78 is 11.4. The molecule has 0 aromatic rings. The van der Waals surface area contributed by atoms with E-state index in [0.717, 1.165) is 31.0 Å². The summed E-state index contributed by atoms with van der Waals surface area (Å²) in [5, 5.41) is 0. The van der Waals surface area contributed by atoms with Gasteiger partial charge in [-0.3, -0.25) is 0 Å². The van der Waals surface area contributed by atoms with Crippen LogP contribution in [0, 0.1) is 17.8 Å². The first-order chi connectivity index (χ1) is 8.33. The van der Waals surface area contributed by atoms with Gasteiger partial charge in [0, 0.05) is 13.2 Å². The third-order valence-corrected chi connectivity index (χ3v) is 6.43. The van der Waals surface area contributed by atoms with E-state index in [1.807, 2.05) is 0 Å². The number of hydrogen-bond acceptors (Lipinski definition) is 2. The summed E-state index contributed by atoms with van der Waals surface area (Å²) in [6.07, 6.45) is 10.4. The van der Waals surface area contributed by atoms with Crippen LogP contribution in [0.1, 0.15) is 39.5 Å². The minimum Gasteiger partial charge on any atom is -0.397 e. The van der Waals surface area contributed by atoms with Gasteiger partial charge in [-0.25, -0.2) is 0 Å². The zero-order valence-electron chi connectivity index (χ0n) is 11.2. The van der Waals surface area contributed by atoms with Crippen molar-refractivity contribution in [2.45, 2.75) is 45.6 Å². The molecule has 0 aromatic carbocycles. The lowest BCUT2D eigenvalue weighted by atomic mass is 9.90. The number of fused-ring (bicyclic) bond motifs is 2. The molecule has 2 rings (SSSR count). The fourth-order valence-electron chi connectivity index (χ4n) is 3.36. The van der Waals surface area contributed by atoms with Crippen molar-refractivity contribution in [1.29, 1.82) is 0 Å². The zero-order valence-corrected chi connectivity index (χ0v) is 12.4. The molecule has 2 aliphatic carbocycles. The van der Waals surface area contributed by atoms with Crippen molar-refractivity contribution in [3.05, 3.63) is 12.2 Å². The molecule has 1 fully saturated rings. The topological polar surface area (TPSA) is 18.5 Å². The van der Waals surface area contributed by atoms with Crippen LogP contribution in [0.5, 0.6) is 0 Å². The molecule has 0 spiro atoms. The lowest BCUT2D eigenvalue weighted by Crippen LogP contribution is -2.23. The van der Waals surface area contributed by atoms with Crippen molar-refractivity contribution in [3.63, 3.8) is 0 Å². The van der Waals surface area contributed by atoms with E-state index in [2.05, 4.69) is 26.0 Å². The molecule has 2 aliphatic rings. The molecular formula is C14H26O2Si. The standard InChI is InChI=1S/C14H26O2Si/c1-3-15-17(16-4-2)9-5-6-13-10-12-7-8-14(13)11-12/h7-8,12-14,17H,3-6,9-11H2,1-2H3. The van der Waals surface area contributed by atoms with Gasteiger partial charge in [0.1, 0.15) is 0 Å². The van der Waals surface area contributed by atoms with Crippen LogP contribution in [-0.4, -0.2) is 22.5 Å². The molecule has 0 aliphatic heterocycles. The number of hydrogen-bond donors (Lipinski definition) is 0. The van der Waals surface area contributed by atoms with Gasteiger partial charge in [-0.05, 0) is 56.9 Å². The van der Waals surface area contributed by atoms with Crippen molar-refractivity contribution < 1.29 is 8.85 Å². The van der Waals surface area contributed by atoms with Crippen molar-refractivity contribution >= 4 is 9.28 Å². The van der Waals surface area contributed by atoms with E-state index in [9.17, 15) is 0 Å². The van der Waals surface area contributed by atoms with Gasteiger partial charge >= 0.3 is 9.28 Å². The van der Waals surface area contributed by atoms with Gasteiger partial charge in [0.05, 0.1) is 0 Å². The predicted octanol–water partition coefficient (Wildman–Crippen LogP) is 3.27. The van der Waals surface area contributed by atoms with Crippen LogP contribution in [0.15, 0.2) is 12.2 Å². The van der Waals surface area contributed by atoms with E-state index in [1.54, 1.807) is 0 Å². The minimum absolute atomic E-state index is 0.813. The highest BCUT2D eigenvalue weighted by Crippen LogP contribution is 2.45. The maximum Gasteiger partial charge on any atom is 0.321 e. The monoisotopic (exact) mass is 254 g/mol.